The van der Waals surface area contributed by atoms with E-state index in [9.17, 15) is 56.7 Å². The van der Waals surface area contributed by atoms with Crippen LogP contribution in [0, 0.1) is 0 Å². The number of anilines is 4. The number of aromatic nitrogens is 3. The molecule has 0 aliphatic carbocycles. The molecular weight excluding hydrogens is 814 g/mol. The Bertz CT molecular complexity index is 2920. The van der Waals surface area contributed by atoms with Gasteiger partial charge in [0.25, 0.3) is 40.5 Å². The molecule has 22 nitrogen and oxygen atoms in total. The number of ether oxygens (including phenoxy) is 2. The molecule has 4 aromatic carbocycles. The molecule has 1 aromatic heterocycles. The van der Waals surface area contributed by atoms with Crippen LogP contribution in [0.3, 0.4) is 0 Å². The SMILES string of the molecule is O=c1nc(Nc2cc(S(=O)(=O)O)cc3cc(S(=O)(=O)O)c4c(c23)OCOc2c(Cl)cc(S(=O)(=O)O)cc2N=N4)nc(Nc2cccc(S(=O)(=O)O)c2)[nH]1. The first-order chi connectivity index (χ1) is 24.6. The molecule has 0 radical (unpaired) electrons. The highest BCUT2D eigenvalue weighted by Gasteiger charge is 2.29. The van der Waals surface area contributed by atoms with Crippen molar-refractivity contribution in [1.29, 1.82) is 0 Å². The van der Waals surface area contributed by atoms with Crippen molar-refractivity contribution in [3.8, 4) is 11.5 Å². The third kappa shape index (κ3) is 8.04. The summed E-state index contributed by atoms with van der Waals surface area (Å²) in [5.74, 6) is -1.89. The second-order valence-corrected chi connectivity index (χ2v) is 16.5. The van der Waals surface area contributed by atoms with Crippen LogP contribution in [0.5, 0.6) is 11.5 Å². The van der Waals surface area contributed by atoms with Gasteiger partial charge in [0.2, 0.25) is 18.7 Å². The van der Waals surface area contributed by atoms with Gasteiger partial charge in [-0.1, -0.05) is 17.7 Å². The normalized spacial score (nSPS) is 13.5. The van der Waals surface area contributed by atoms with Crippen LogP contribution in [-0.2, 0) is 40.5 Å². The number of aromatic amines is 1. The Morgan fingerprint density at radius 2 is 1.38 bits per heavy atom. The van der Waals surface area contributed by atoms with Crippen LogP contribution in [0.1, 0.15) is 0 Å². The molecule has 0 bridgehead atoms. The van der Waals surface area contributed by atoms with E-state index >= 15 is 0 Å². The molecule has 0 saturated heterocycles. The topological polar surface area (TPSA) is 343 Å². The number of nitrogens with zero attached hydrogens (tertiary/aromatic N) is 4. The van der Waals surface area contributed by atoms with Crippen LogP contribution in [0.4, 0.5) is 34.6 Å². The minimum absolute atomic E-state index is 0.0120. The quantitative estimate of drug-likeness (QED) is 0.110. The van der Waals surface area contributed by atoms with Crippen LogP contribution in [0.2, 0.25) is 5.02 Å². The Kier molecular flexibility index (Phi) is 9.37. The average molecular weight is 832 g/mol. The number of rotatable bonds is 8. The van der Waals surface area contributed by atoms with Gasteiger partial charge in [-0.25, -0.2) is 4.79 Å². The maximum absolute atomic E-state index is 12.6. The van der Waals surface area contributed by atoms with Crippen LogP contribution >= 0.6 is 11.6 Å². The molecule has 0 fully saturated rings. The summed E-state index contributed by atoms with van der Waals surface area (Å²) in [6.45, 7) is -0.863. The summed E-state index contributed by atoms with van der Waals surface area (Å²) < 4.78 is 147. The predicted molar refractivity (Wildman–Crippen MR) is 181 cm³/mol. The lowest BCUT2D eigenvalue weighted by molar-refractivity contribution is 0.123. The Hall–Kier alpha value is -5.32. The second-order valence-electron chi connectivity index (χ2n) is 10.5. The summed E-state index contributed by atoms with van der Waals surface area (Å²) >= 11 is 6.15. The Morgan fingerprint density at radius 1 is 0.717 bits per heavy atom. The van der Waals surface area contributed by atoms with Crippen LogP contribution in [0.25, 0.3) is 10.8 Å². The molecule has 0 atom stereocenters. The monoisotopic (exact) mass is 831 g/mol. The van der Waals surface area contributed by atoms with E-state index in [-0.39, 0.29) is 28.2 Å². The molecule has 0 saturated carbocycles. The van der Waals surface area contributed by atoms with E-state index in [1.54, 1.807) is 0 Å². The molecule has 5 aromatic rings. The number of benzene rings is 4. The van der Waals surface area contributed by atoms with E-state index in [1.807, 2.05) is 0 Å². The number of halogens is 1. The number of fused-ring (bicyclic) bond motifs is 4. The molecule has 6 rings (SSSR count). The summed E-state index contributed by atoms with van der Waals surface area (Å²) in [5, 5.41) is 11.8. The molecule has 0 amide bonds. The van der Waals surface area contributed by atoms with Gasteiger partial charge in [0, 0.05) is 5.69 Å². The van der Waals surface area contributed by atoms with Crippen LogP contribution in [-0.4, -0.2) is 73.6 Å². The van der Waals surface area contributed by atoms with E-state index in [4.69, 9.17) is 21.1 Å². The van der Waals surface area contributed by atoms with Crippen molar-refractivity contribution < 1.29 is 61.4 Å². The highest BCUT2D eigenvalue weighted by Crippen LogP contribution is 2.48. The molecule has 27 heteroatoms. The summed E-state index contributed by atoms with van der Waals surface area (Å²) in [4.78, 5) is 19.4. The zero-order chi connectivity index (χ0) is 38.7. The fourth-order valence-electron chi connectivity index (χ4n) is 4.79. The van der Waals surface area contributed by atoms with Gasteiger partial charge in [-0.05, 0) is 53.9 Å². The van der Waals surface area contributed by atoms with Gasteiger partial charge >= 0.3 is 5.69 Å². The molecule has 53 heavy (non-hydrogen) atoms. The van der Waals surface area contributed by atoms with Gasteiger partial charge in [0.1, 0.15) is 16.3 Å². The zero-order valence-electron chi connectivity index (χ0n) is 25.5. The molecule has 7 N–H and O–H groups in total. The van der Waals surface area contributed by atoms with E-state index < -0.39 is 106 Å². The van der Waals surface area contributed by atoms with E-state index in [0.717, 1.165) is 42.5 Å². The number of hydrogen-bond donors (Lipinski definition) is 7. The van der Waals surface area contributed by atoms with E-state index in [1.165, 1.54) is 12.1 Å². The minimum Gasteiger partial charge on any atom is -0.454 e. The predicted octanol–water partition coefficient (Wildman–Crippen LogP) is 3.59. The van der Waals surface area contributed by atoms with Gasteiger partial charge in [0.15, 0.2) is 11.5 Å². The third-order valence-corrected chi connectivity index (χ3v) is 10.6. The van der Waals surface area contributed by atoms with Crippen LogP contribution < -0.4 is 25.8 Å². The number of hydrogen-bond acceptors (Lipinski definition) is 17. The summed E-state index contributed by atoms with van der Waals surface area (Å²) in [6, 6.07) is 8.59. The Morgan fingerprint density at radius 3 is 2.04 bits per heavy atom. The highest BCUT2D eigenvalue weighted by atomic mass is 35.5. The number of nitrogens with one attached hydrogen (secondary N) is 3. The average Bonchev–Trinajstić information content (AvgIpc) is 3.11. The molecule has 278 valence electrons. The van der Waals surface area contributed by atoms with Gasteiger partial charge < -0.3 is 20.1 Å². The molecular formula is C26H18ClN7O15S4. The van der Waals surface area contributed by atoms with Crippen molar-refractivity contribution in [2.24, 2.45) is 10.2 Å². The lowest BCUT2D eigenvalue weighted by Gasteiger charge is -2.18. The van der Waals surface area contributed by atoms with Gasteiger partial charge in [-0.15, -0.1) is 10.2 Å². The van der Waals surface area contributed by atoms with Gasteiger partial charge in [-0.3, -0.25) is 23.2 Å². The fraction of sp³-hybridized carbons (Fsp3) is 0.0385. The summed E-state index contributed by atoms with van der Waals surface area (Å²) in [6.07, 6.45) is 0. The second kappa shape index (κ2) is 13.3. The standard InChI is InChI=1S/C26H18ClN7O15S4/c27-16-7-15(52(42,43)44)9-18-22(16)48-10-49-23-20-11(5-19(53(45,46)47)21(23)34-33-18)4-14(51(39,40)41)8-17(20)29-25-30-24(31-26(35)32-25)28-12-2-1-3-13(6-12)50(36,37)38/h1-9H,10H2,(H,36,37,38)(H,39,40,41)(H,42,43,44)(H,45,46,47)(H3,28,29,30,31,32,35). The van der Waals surface area contributed by atoms with Crippen molar-refractivity contribution in [3.05, 3.63) is 70.1 Å². The van der Waals surface area contributed by atoms with Crippen molar-refractivity contribution >= 4 is 97.5 Å². The number of azo groups is 1. The summed E-state index contributed by atoms with van der Waals surface area (Å²) in [7, 11) is -19.8. The first-order valence-electron chi connectivity index (χ1n) is 13.8. The first-order valence-corrected chi connectivity index (χ1v) is 19.9. The molecule has 2 heterocycles. The molecule has 1 aliphatic heterocycles. The molecule has 0 unspecified atom stereocenters. The van der Waals surface area contributed by atoms with Gasteiger partial charge in [-0.2, -0.15) is 43.6 Å². The molecule has 1 aliphatic rings. The highest BCUT2D eigenvalue weighted by molar-refractivity contribution is 7.86. The Labute approximate surface area is 301 Å². The number of H-pyrrole nitrogens is 1. The fourth-order valence-corrected chi connectivity index (χ4v) is 7.37. The summed E-state index contributed by atoms with van der Waals surface area (Å²) in [5.41, 5.74) is -2.68. The maximum Gasteiger partial charge on any atom is 0.351 e. The van der Waals surface area contributed by atoms with E-state index in [2.05, 4.69) is 35.8 Å². The van der Waals surface area contributed by atoms with Crippen molar-refractivity contribution in [1.82, 2.24) is 15.0 Å². The maximum atomic E-state index is 12.6. The smallest absolute Gasteiger partial charge is 0.351 e. The zero-order valence-corrected chi connectivity index (χ0v) is 29.5. The van der Waals surface area contributed by atoms with Crippen molar-refractivity contribution in [2.45, 2.75) is 19.6 Å². The van der Waals surface area contributed by atoms with Crippen molar-refractivity contribution in [3.63, 3.8) is 0 Å². The minimum atomic E-state index is -5.27. The lowest BCUT2D eigenvalue weighted by atomic mass is 10.1. The largest absolute Gasteiger partial charge is 0.454 e. The third-order valence-electron chi connectivity index (χ3n) is 6.93. The lowest BCUT2D eigenvalue weighted by Crippen LogP contribution is -2.17. The van der Waals surface area contributed by atoms with Crippen LogP contribution in [0.15, 0.2) is 89.2 Å². The van der Waals surface area contributed by atoms with Crippen molar-refractivity contribution in [2.75, 3.05) is 17.4 Å². The molecule has 0 spiro atoms. The Balaban J connectivity index is 1.56. The first kappa shape index (κ1) is 37.4. The van der Waals surface area contributed by atoms with E-state index in [0.29, 0.717) is 0 Å². The van der Waals surface area contributed by atoms with Gasteiger partial charge in [0.05, 0.1) is 30.8 Å².